The van der Waals surface area contributed by atoms with E-state index in [2.05, 4.69) is 49.5 Å². The Labute approximate surface area is 128 Å². The second kappa shape index (κ2) is 5.10. The first-order valence-corrected chi connectivity index (χ1v) is 8.29. The molecule has 3 heterocycles. The van der Waals surface area contributed by atoms with Crippen LogP contribution >= 0.6 is 0 Å². The average molecular weight is 290 g/mol. The Morgan fingerprint density at radius 3 is 2.57 bits per heavy atom. The summed E-state index contributed by atoms with van der Waals surface area (Å²) in [6.45, 7) is 17.0. The molecule has 0 bridgehead atoms. The first-order valence-electron chi connectivity index (χ1n) is 8.29. The lowest BCUT2D eigenvalue weighted by molar-refractivity contribution is 0.267. The number of aryl methyl sites for hydroxylation is 1. The van der Waals surface area contributed by atoms with Gasteiger partial charge < -0.3 is 5.32 Å². The lowest BCUT2D eigenvalue weighted by atomic mass is 9.86. The Hall–Kier alpha value is -0.870. The summed E-state index contributed by atoms with van der Waals surface area (Å²) in [5.41, 5.74) is 4.60. The first-order chi connectivity index (χ1) is 9.81. The van der Waals surface area contributed by atoms with Crippen molar-refractivity contribution in [1.29, 1.82) is 0 Å². The van der Waals surface area contributed by atoms with Crippen molar-refractivity contribution >= 4 is 0 Å². The molecular formula is C17H30N4. The number of likely N-dealkylation sites (tertiary alicyclic amines) is 1. The minimum atomic E-state index is 0.0642. The zero-order valence-electron chi connectivity index (χ0n) is 14.3. The van der Waals surface area contributed by atoms with E-state index in [4.69, 9.17) is 5.10 Å². The summed E-state index contributed by atoms with van der Waals surface area (Å²) in [4.78, 5) is 2.64. The van der Waals surface area contributed by atoms with Crippen molar-refractivity contribution in [2.75, 3.05) is 26.2 Å². The Kier molecular flexibility index (Phi) is 3.65. The fourth-order valence-electron chi connectivity index (χ4n) is 4.09. The van der Waals surface area contributed by atoms with E-state index in [0.29, 0.717) is 5.41 Å². The molecule has 0 amide bonds. The van der Waals surface area contributed by atoms with Crippen LogP contribution in [0.5, 0.6) is 0 Å². The van der Waals surface area contributed by atoms with Crippen LogP contribution in [-0.4, -0.2) is 40.9 Å². The van der Waals surface area contributed by atoms with Gasteiger partial charge in [0.05, 0.1) is 11.2 Å². The van der Waals surface area contributed by atoms with Crippen LogP contribution in [0.2, 0.25) is 0 Å². The van der Waals surface area contributed by atoms with Gasteiger partial charge in [0.25, 0.3) is 0 Å². The topological polar surface area (TPSA) is 33.1 Å². The summed E-state index contributed by atoms with van der Waals surface area (Å²) in [5.74, 6) is 0. The van der Waals surface area contributed by atoms with Gasteiger partial charge in [-0.05, 0) is 66.0 Å². The minimum Gasteiger partial charge on any atom is -0.316 e. The highest BCUT2D eigenvalue weighted by molar-refractivity contribution is 5.25. The summed E-state index contributed by atoms with van der Waals surface area (Å²) in [7, 11) is 0. The molecule has 2 aliphatic heterocycles. The highest BCUT2D eigenvalue weighted by Crippen LogP contribution is 2.37. The molecule has 1 aromatic heterocycles. The Balaban J connectivity index is 1.76. The fraction of sp³-hybridized carbons (Fsp3) is 0.824. The van der Waals surface area contributed by atoms with Crippen molar-refractivity contribution in [2.45, 2.75) is 59.5 Å². The van der Waals surface area contributed by atoms with Crippen molar-refractivity contribution < 1.29 is 0 Å². The van der Waals surface area contributed by atoms with Gasteiger partial charge in [0, 0.05) is 30.9 Å². The second-order valence-electron chi connectivity index (χ2n) is 8.12. The maximum Gasteiger partial charge on any atom is 0.0641 e. The van der Waals surface area contributed by atoms with Crippen LogP contribution in [0.15, 0.2) is 0 Å². The maximum atomic E-state index is 4.79. The van der Waals surface area contributed by atoms with Crippen LogP contribution in [0.3, 0.4) is 0 Å². The lowest BCUT2D eigenvalue weighted by Crippen LogP contribution is -2.29. The standard InChI is InChI=1S/C17H30N4/c1-13-15(14(2)21(19-13)16(3,4)5)10-20-9-7-17(12-20)6-8-18-11-17/h18H,6-12H2,1-5H3. The highest BCUT2D eigenvalue weighted by atomic mass is 15.3. The van der Waals surface area contributed by atoms with E-state index in [1.54, 1.807) is 0 Å². The fourth-order valence-corrected chi connectivity index (χ4v) is 4.09. The molecule has 1 N–H and O–H groups in total. The zero-order chi connectivity index (χ0) is 15.3. The van der Waals surface area contributed by atoms with Crippen LogP contribution in [0.4, 0.5) is 0 Å². The molecular weight excluding hydrogens is 260 g/mol. The summed E-state index contributed by atoms with van der Waals surface area (Å²) < 4.78 is 2.20. The molecule has 0 aromatic carbocycles. The van der Waals surface area contributed by atoms with Gasteiger partial charge in [-0.25, -0.2) is 0 Å². The molecule has 4 heteroatoms. The summed E-state index contributed by atoms with van der Waals surface area (Å²) in [6, 6.07) is 0. The van der Waals surface area contributed by atoms with Gasteiger partial charge in [0.15, 0.2) is 0 Å². The van der Waals surface area contributed by atoms with Gasteiger partial charge in [-0.1, -0.05) is 0 Å². The predicted molar refractivity (Wildman–Crippen MR) is 86.5 cm³/mol. The number of hydrogen-bond donors (Lipinski definition) is 1. The molecule has 2 saturated heterocycles. The smallest absolute Gasteiger partial charge is 0.0641 e. The normalized spacial score (nSPS) is 27.1. The molecule has 1 spiro atoms. The monoisotopic (exact) mass is 290 g/mol. The van der Waals surface area contributed by atoms with Gasteiger partial charge in [-0.2, -0.15) is 5.10 Å². The van der Waals surface area contributed by atoms with Crippen molar-refractivity contribution in [3.05, 3.63) is 17.0 Å². The SMILES string of the molecule is Cc1nn(C(C)(C)C)c(C)c1CN1CCC2(CCNC2)C1. The molecule has 4 nitrogen and oxygen atoms in total. The maximum absolute atomic E-state index is 4.79. The highest BCUT2D eigenvalue weighted by Gasteiger charge is 2.40. The average Bonchev–Trinajstić information content (AvgIpc) is 3.07. The molecule has 1 unspecified atom stereocenters. The number of aromatic nitrogens is 2. The number of nitrogens with one attached hydrogen (secondary N) is 1. The van der Waals surface area contributed by atoms with Crippen molar-refractivity contribution in [2.24, 2.45) is 5.41 Å². The molecule has 118 valence electrons. The summed E-state index contributed by atoms with van der Waals surface area (Å²) in [5, 5.41) is 8.33. The van der Waals surface area contributed by atoms with E-state index in [1.807, 2.05) is 0 Å². The zero-order valence-corrected chi connectivity index (χ0v) is 14.3. The number of rotatable bonds is 2. The molecule has 21 heavy (non-hydrogen) atoms. The lowest BCUT2D eigenvalue weighted by Gasteiger charge is -2.24. The molecule has 2 fully saturated rings. The van der Waals surface area contributed by atoms with E-state index >= 15 is 0 Å². The van der Waals surface area contributed by atoms with Crippen molar-refractivity contribution in [3.8, 4) is 0 Å². The summed E-state index contributed by atoms with van der Waals surface area (Å²) in [6.07, 6.45) is 2.70. The predicted octanol–water partition coefficient (Wildman–Crippen LogP) is 2.44. The van der Waals surface area contributed by atoms with Crippen LogP contribution in [0.25, 0.3) is 0 Å². The molecule has 0 radical (unpaired) electrons. The van der Waals surface area contributed by atoms with Gasteiger partial charge in [0.1, 0.15) is 0 Å². The van der Waals surface area contributed by atoms with Gasteiger partial charge in [0.2, 0.25) is 0 Å². The molecule has 2 aliphatic rings. The molecule has 0 saturated carbocycles. The Morgan fingerprint density at radius 2 is 2.00 bits per heavy atom. The summed E-state index contributed by atoms with van der Waals surface area (Å²) >= 11 is 0. The quantitative estimate of drug-likeness (QED) is 0.908. The Morgan fingerprint density at radius 1 is 1.24 bits per heavy atom. The van der Waals surface area contributed by atoms with E-state index in [-0.39, 0.29) is 5.54 Å². The van der Waals surface area contributed by atoms with Gasteiger partial charge in [-0.3, -0.25) is 9.58 Å². The molecule has 1 atom stereocenters. The third-order valence-electron chi connectivity index (χ3n) is 5.31. The third-order valence-corrected chi connectivity index (χ3v) is 5.31. The third kappa shape index (κ3) is 2.76. The van der Waals surface area contributed by atoms with E-state index in [0.717, 1.165) is 6.54 Å². The molecule has 3 rings (SSSR count). The van der Waals surface area contributed by atoms with Crippen molar-refractivity contribution in [3.63, 3.8) is 0 Å². The Bertz CT molecular complexity index is 518. The second-order valence-corrected chi connectivity index (χ2v) is 8.12. The van der Waals surface area contributed by atoms with Gasteiger partial charge >= 0.3 is 0 Å². The van der Waals surface area contributed by atoms with Gasteiger partial charge in [-0.15, -0.1) is 0 Å². The molecule has 1 aromatic rings. The van der Waals surface area contributed by atoms with E-state index in [9.17, 15) is 0 Å². The van der Waals surface area contributed by atoms with E-state index in [1.165, 1.54) is 56.0 Å². The van der Waals surface area contributed by atoms with Crippen LogP contribution in [0, 0.1) is 19.3 Å². The number of hydrogen-bond acceptors (Lipinski definition) is 3. The minimum absolute atomic E-state index is 0.0642. The van der Waals surface area contributed by atoms with Crippen LogP contribution in [-0.2, 0) is 12.1 Å². The van der Waals surface area contributed by atoms with Crippen molar-refractivity contribution in [1.82, 2.24) is 20.0 Å². The molecule has 0 aliphatic carbocycles. The van der Waals surface area contributed by atoms with E-state index < -0.39 is 0 Å². The van der Waals surface area contributed by atoms with Crippen LogP contribution < -0.4 is 5.32 Å². The largest absolute Gasteiger partial charge is 0.316 e. The number of nitrogens with zero attached hydrogens (tertiary/aromatic N) is 3. The van der Waals surface area contributed by atoms with Crippen LogP contribution in [0.1, 0.15) is 50.6 Å². The first kappa shape index (κ1) is 15.0.